The molecule has 1 fully saturated rings. The number of likely N-dealkylation sites (tertiary alicyclic amines) is 1. The number of benzene rings is 2. The SMILES string of the molecule is COc1ccc2c(c1)ncn2-c1ccc(NC(=O)Nc2cc(C(C)(C)C)nn2C2CCN(CCCCC(=O)O)CC2)cc1. The summed E-state index contributed by atoms with van der Waals surface area (Å²) in [4.78, 5) is 30.8. The number of amides is 2. The van der Waals surface area contributed by atoms with Crippen molar-refractivity contribution in [1.29, 1.82) is 0 Å². The predicted molar refractivity (Wildman–Crippen MR) is 167 cm³/mol. The normalized spacial score (nSPS) is 14.6. The molecule has 0 aliphatic carbocycles. The molecule has 1 aliphatic rings. The van der Waals surface area contributed by atoms with E-state index in [1.54, 1.807) is 13.4 Å². The lowest BCUT2D eigenvalue weighted by Gasteiger charge is -2.32. The smallest absolute Gasteiger partial charge is 0.324 e. The third kappa shape index (κ3) is 7.34. The van der Waals surface area contributed by atoms with Crippen molar-refractivity contribution in [2.45, 2.75) is 64.3 Å². The first-order valence-electron chi connectivity index (χ1n) is 14.8. The summed E-state index contributed by atoms with van der Waals surface area (Å²) in [5, 5.41) is 19.8. The molecule has 0 bridgehead atoms. The standard InChI is InChI=1S/C32H41N7O4/c1-32(2,3)28-20-29(39(36-28)24-14-17-37(18-15-24)16-6-5-7-30(40)41)35-31(42)34-22-8-10-23(11-9-22)38-21-33-26-19-25(43-4)12-13-27(26)38/h8-13,19-21,24H,5-7,14-18H2,1-4H3,(H,40,41)(H2,34,35,42). The van der Waals surface area contributed by atoms with Crippen molar-refractivity contribution in [3.8, 4) is 11.4 Å². The number of hydrogen-bond acceptors (Lipinski definition) is 6. The number of imidazole rings is 1. The van der Waals surface area contributed by atoms with E-state index in [0.717, 1.165) is 67.1 Å². The van der Waals surface area contributed by atoms with Crippen molar-refractivity contribution in [3.63, 3.8) is 0 Å². The van der Waals surface area contributed by atoms with Gasteiger partial charge in [0.05, 0.1) is 29.9 Å². The van der Waals surface area contributed by atoms with Gasteiger partial charge in [-0.3, -0.25) is 14.7 Å². The number of fused-ring (bicyclic) bond motifs is 1. The van der Waals surface area contributed by atoms with E-state index in [0.29, 0.717) is 17.9 Å². The molecule has 3 N–H and O–H groups in total. The number of nitrogens with one attached hydrogen (secondary N) is 2. The highest BCUT2D eigenvalue weighted by Gasteiger charge is 2.27. The van der Waals surface area contributed by atoms with E-state index >= 15 is 0 Å². The van der Waals surface area contributed by atoms with E-state index in [9.17, 15) is 9.59 Å². The fourth-order valence-electron chi connectivity index (χ4n) is 5.44. The number of nitrogens with zero attached hydrogens (tertiary/aromatic N) is 5. The van der Waals surface area contributed by atoms with Crippen molar-refractivity contribution in [1.82, 2.24) is 24.2 Å². The van der Waals surface area contributed by atoms with Gasteiger partial charge < -0.3 is 20.1 Å². The Morgan fingerprint density at radius 2 is 1.77 bits per heavy atom. The van der Waals surface area contributed by atoms with Crippen molar-refractivity contribution in [2.24, 2.45) is 0 Å². The number of rotatable bonds is 10. The highest BCUT2D eigenvalue weighted by atomic mass is 16.5. The summed E-state index contributed by atoms with van der Waals surface area (Å²) in [5.74, 6) is 0.701. The lowest BCUT2D eigenvalue weighted by molar-refractivity contribution is -0.137. The Morgan fingerprint density at radius 3 is 2.44 bits per heavy atom. The van der Waals surface area contributed by atoms with Gasteiger partial charge in [0.2, 0.25) is 0 Å². The molecular weight excluding hydrogens is 546 g/mol. The molecule has 11 nitrogen and oxygen atoms in total. The minimum absolute atomic E-state index is 0.165. The van der Waals surface area contributed by atoms with Crippen LogP contribution in [0, 0.1) is 0 Å². The molecule has 0 atom stereocenters. The van der Waals surface area contributed by atoms with Crippen molar-refractivity contribution >= 4 is 34.5 Å². The van der Waals surface area contributed by atoms with Crippen LogP contribution in [0.25, 0.3) is 16.7 Å². The van der Waals surface area contributed by atoms with Crippen molar-refractivity contribution in [2.75, 3.05) is 37.4 Å². The number of ether oxygens (including phenoxy) is 1. The number of carboxylic acid groups (broad SMARTS) is 1. The molecule has 5 rings (SSSR count). The van der Waals surface area contributed by atoms with Crippen LogP contribution in [0.1, 0.15) is 64.6 Å². The number of methoxy groups -OCH3 is 1. The Balaban J connectivity index is 1.23. The summed E-state index contributed by atoms with van der Waals surface area (Å²) in [6, 6.07) is 15.2. The molecule has 3 heterocycles. The molecule has 1 aliphatic heterocycles. The zero-order chi connectivity index (χ0) is 30.6. The fraction of sp³-hybridized carbons (Fsp3) is 0.438. The van der Waals surface area contributed by atoms with Gasteiger partial charge in [-0.2, -0.15) is 5.10 Å². The summed E-state index contributed by atoms with van der Waals surface area (Å²) in [5.41, 5.74) is 4.17. The van der Waals surface area contributed by atoms with E-state index in [1.807, 2.05) is 57.8 Å². The summed E-state index contributed by atoms with van der Waals surface area (Å²) >= 11 is 0. The summed E-state index contributed by atoms with van der Waals surface area (Å²) < 4.78 is 9.27. The van der Waals surface area contributed by atoms with Crippen LogP contribution in [0.3, 0.4) is 0 Å². The number of piperidine rings is 1. The summed E-state index contributed by atoms with van der Waals surface area (Å²) in [7, 11) is 1.64. The summed E-state index contributed by atoms with van der Waals surface area (Å²) in [6.07, 6.45) is 5.41. The maximum Gasteiger partial charge on any atom is 0.324 e. The van der Waals surface area contributed by atoms with Gasteiger partial charge in [-0.25, -0.2) is 14.5 Å². The average molecular weight is 588 g/mol. The molecule has 0 saturated carbocycles. The number of carbonyl (C=O) groups excluding carboxylic acids is 1. The van der Waals surface area contributed by atoms with Crippen molar-refractivity contribution in [3.05, 3.63) is 60.6 Å². The number of urea groups is 1. The summed E-state index contributed by atoms with van der Waals surface area (Å²) in [6.45, 7) is 9.09. The quantitative estimate of drug-likeness (QED) is 0.192. The van der Waals surface area contributed by atoms with Gasteiger partial charge in [-0.15, -0.1) is 0 Å². The number of carbonyl (C=O) groups is 2. The molecule has 0 radical (unpaired) electrons. The second-order valence-corrected chi connectivity index (χ2v) is 12.1. The zero-order valence-electron chi connectivity index (χ0n) is 25.3. The number of anilines is 2. The van der Waals surface area contributed by atoms with Crippen LogP contribution < -0.4 is 15.4 Å². The van der Waals surface area contributed by atoms with E-state index in [1.165, 1.54) is 0 Å². The molecule has 11 heteroatoms. The number of aromatic nitrogens is 4. The molecule has 2 amide bonds. The Morgan fingerprint density at radius 1 is 1.02 bits per heavy atom. The number of aliphatic carboxylic acids is 1. The van der Waals surface area contributed by atoms with Crippen LogP contribution in [0.2, 0.25) is 0 Å². The first-order chi connectivity index (χ1) is 20.6. The Hall–Kier alpha value is -4.38. The zero-order valence-corrected chi connectivity index (χ0v) is 25.3. The van der Waals surface area contributed by atoms with Gasteiger partial charge in [-0.05, 0) is 68.6 Å². The first kappa shape index (κ1) is 30.1. The van der Waals surface area contributed by atoms with E-state index in [4.69, 9.17) is 14.9 Å². The van der Waals surface area contributed by atoms with Gasteiger partial charge in [0.25, 0.3) is 0 Å². The molecule has 1 saturated heterocycles. The van der Waals surface area contributed by atoms with Gasteiger partial charge >= 0.3 is 12.0 Å². The third-order valence-electron chi connectivity index (χ3n) is 7.92. The number of unbranched alkanes of at least 4 members (excludes halogenated alkanes) is 1. The van der Waals surface area contributed by atoms with Crippen LogP contribution in [0.15, 0.2) is 54.9 Å². The third-order valence-corrected chi connectivity index (χ3v) is 7.92. The van der Waals surface area contributed by atoms with Crippen molar-refractivity contribution < 1.29 is 19.4 Å². The molecule has 2 aromatic heterocycles. The van der Waals surface area contributed by atoms with Crippen LogP contribution in [-0.4, -0.2) is 68.1 Å². The van der Waals surface area contributed by atoms with Crippen LogP contribution in [-0.2, 0) is 10.2 Å². The molecule has 43 heavy (non-hydrogen) atoms. The highest BCUT2D eigenvalue weighted by molar-refractivity contribution is 5.99. The van der Waals surface area contributed by atoms with Crippen LogP contribution >= 0.6 is 0 Å². The second-order valence-electron chi connectivity index (χ2n) is 12.1. The molecule has 0 unspecified atom stereocenters. The van der Waals surface area contributed by atoms with E-state index < -0.39 is 5.97 Å². The Bertz CT molecular complexity index is 1560. The molecular formula is C32H41N7O4. The highest BCUT2D eigenvalue weighted by Crippen LogP contribution is 2.31. The monoisotopic (exact) mass is 587 g/mol. The Labute approximate surface area is 251 Å². The fourth-order valence-corrected chi connectivity index (χ4v) is 5.44. The second kappa shape index (κ2) is 12.9. The first-order valence-corrected chi connectivity index (χ1v) is 14.8. The van der Waals surface area contributed by atoms with E-state index in [2.05, 4.69) is 41.3 Å². The molecule has 4 aromatic rings. The predicted octanol–water partition coefficient (Wildman–Crippen LogP) is 6.06. The number of hydrogen-bond donors (Lipinski definition) is 3. The maximum atomic E-state index is 13.1. The molecule has 2 aromatic carbocycles. The van der Waals surface area contributed by atoms with Crippen LogP contribution in [0.4, 0.5) is 16.3 Å². The minimum atomic E-state index is -0.738. The molecule has 0 spiro atoms. The maximum absolute atomic E-state index is 13.1. The molecule has 228 valence electrons. The van der Waals surface area contributed by atoms with Crippen LogP contribution in [0.5, 0.6) is 5.75 Å². The Kier molecular flexibility index (Phi) is 9.00. The van der Waals surface area contributed by atoms with Gasteiger partial charge in [0.15, 0.2) is 0 Å². The average Bonchev–Trinajstić information content (AvgIpc) is 3.60. The van der Waals surface area contributed by atoms with Gasteiger partial charge in [0, 0.05) is 48.4 Å². The lowest BCUT2D eigenvalue weighted by atomic mass is 9.92. The van der Waals surface area contributed by atoms with Gasteiger partial charge in [0.1, 0.15) is 17.9 Å². The minimum Gasteiger partial charge on any atom is -0.497 e. The van der Waals surface area contributed by atoms with E-state index in [-0.39, 0.29) is 23.9 Å². The number of carboxylic acids is 1. The lowest BCUT2D eigenvalue weighted by Crippen LogP contribution is -2.36. The largest absolute Gasteiger partial charge is 0.497 e. The topological polar surface area (TPSA) is 127 Å². The van der Waals surface area contributed by atoms with Gasteiger partial charge in [-0.1, -0.05) is 20.8 Å².